The molecule has 0 amide bonds. The van der Waals surface area contributed by atoms with Crippen LogP contribution in [0, 0.1) is 24.9 Å². The Morgan fingerprint density at radius 1 is 1.13 bits per heavy atom. The lowest BCUT2D eigenvalue weighted by Gasteiger charge is -2.49. The van der Waals surface area contributed by atoms with E-state index in [0.29, 0.717) is 43.6 Å². The molecule has 6 rings (SSSR count). The predicted molar refractivity (Wildman–Crippen MR) is 133 cm³/mol. The third kappa shape index (κ3) is 4.46. The van der Waals surface area contributed by atoms with Gasteiger partial charge in [0, 0.05) is 6.42 Å². The molecule has 10 nitrogen and oxygen atoms in total. The molecule has 38 heavy (non-hydrogen) atoms. The molecule has 202 valence electrons. The number of Topliss-reactive ketones (excluding diaryl/α,β-unsaturated/α-hetero) is 1. The van der Waals surface area contributed by atoms with Crippen molar-refractivity contribution in [3.05, 3.63) is 34.9 Å². The monoisotopic (exact) mass is 526 g/mol. The Morgan fingerprint density at radius 3 is 2.50 bits per heavy atom. The van der Waals surface area contributed by atoms with E-state index in [1.165, 1.54) is 13.0 Å². The van der Waals surface area contributed by atoms with Gasteiger partial charge in [-0.15, -0.1) is 0 Å². The Bertz CT molecular complexity index is 1350. The molecule has 0 spiro atoms. The van der Waals surface area contributed by atoms with Gasteiger partial charge in [0.05, 0.1) is 22.1 Å². The molecule has 0 aromatic heterocycles. The van der Waals surface area contributed by atoms with Crippen LogP contribution in [0.15, 0.2) is 18.2 Å². The van der Waals surface area contributed by atoms with Gasteiger partial charge in [-0.2, -0.15) is 0 Å². The van der Waals surface area contributed by atoms with Gasteiger partial charge in [-0.1, -0.05) is 12.0 Å². The van der Waals surface area contributed by atoms with Gasteiger partial charge in [-0.25, -0.2) is 4.79 Å². The van der Waals surface area contributed by atoms with Gasteiger partial charge in [-0.3, -0.25) is 4.79 Å². The second-order valence-corrected chi connectivity index (χ2v) is 10.5. The van der Waals surface area contributed by atoms with Gasteiger partial charge in [0.15, 0.2) is 11.9 Å². The van der Waals surface area contributed by atoms with Crippen LogP contribution in [0.1, 0.15) is 65.3 Å². The summed E-state index contributed by atoms with van der Waals surface area (Å²) >= 11 is 0. The molecular weight excluding hydrogens is 496 g/mol. The quantitative estimate of drug-likeness (QED) is 0.295. The van der Waals surface area contributed by atoms with Crippen molar-refractivity contribution in [2.24, 2.45) is 5.92 Å². The van der Waals surface area contributed by atoms with E-state index in [1.54, 1.807) is 13.0 Å². The molecule has 2 bridgehead atoms. The molecule has 2 aromatic carbocycles. The highest BCUT2D eigenvalue weighted by Crippen LogP contribution is 2.44. The van der Waals surface area contributed by atoms with Crippen molar-refractivity contribution in [1.82, 2.24) is 0 Å². The fraction of sp³-hybridized carbons (Fsp3) is 0.500. The fourth-order valence-electron chi connectivity index (χ4n) is 5.87. The first-order valence-corrected chi connectivity index (χ1v) is 12.6. The molecule has 5 atom stereocenters. The average Bonchev–Trinajstić information content (AvgIpc) is 2.86. The lowest BCUT2D eigenvalue weighted by atomic mass is 9.72. The minimum absolute atomic E-state index is 0.0426. The lowest BCUT2D eigenvalue weighted by molar-refractivity contribution is -0.308. The largest absolute Gasteiger partial charge is 0.506 e. The van der Waals surface area contributed by atoms with Crippen molar-refractivity contribution in [2.75, 3.05) is 0 Å². The summed E-state index contributed by atoms with van der Waals surface area (Å²) in [4.78, 5) is 24.1. The highest BCUT2D eigenvalue weighted by Gasteiger charge is 2.56. The van der Waals surface area contributed by atoms with Crippen LogP contribution in [-0.4, -0.2) is 73.6 Å². The lowest BCUT2D eigenvalue weighted by Crippen LogP contribution is -2.66. The highest BCUT2D eigenvalue weighted by molar-refractivity contribution is 6.08. The topological polar surface area (TPSA) is 163 Å². The average molecular weight is 527 g/mol. The summed E-state index contributed by atoms with van der Waals surface area (Å²) < 4.78 is 17.6. The molecule has 5 N–H and O–H groups in total. The van der Waals surface area contributed by atoms with E-state index < -0.39 is 53.8 Å². The van der Waals surface area contributed by atoms with Crippen LogP contribution in [0.5, 0.6) is 11.5 Å². The van der Waals surface area contributed by atoms with Gasteiger partial charge in [0.2, 0.25) is 6.29 Å². The summed E-state index contributed by atoms with van der Waals surface area (Å²) in [5.74, 6) is 0.990. The zero-order valence-electron chi connectivity index (χ0n) is 21.0. The Labute approximate surface area is 218 Å². The molecule has 2 fully saturated rings. The zero-order chi connectivity index (χ0) is 27.4. The van der Waals surface area contributed by atoms with Crippen LogP contribution < -0.4 is 4.74 Å². The number of fused-ring (bicyclic) bond motifs is 5. The second-order valence-electron chi connectivity index (χ2n) is 10.5. The van der Waals surface area contributed by atoms with Crippen LogP contribution in [0.3, 0.4) is 0 Å². The molecule has 1 aliphatic carbocycles. The SMILES string of the molecule is CC(=O)c1c(C)cc2cc(C(=O)O)cc(OC3OC4C(OC#CCC5CCC4(O)CC5)C(O)C3O)c2c1O. The van der Waals surface area contributed by atoms with Crippen LogP contribution in [0.4, 0.5) is 0 Å². The number of hydrogen-bond donors (Lipinski definition) is 5. The van der Waals surface area contributed by atoms with Crippen LogP contribution in [0.25, 0.3) is 10.8 Å². The number of hydrogen-bond acceptors (Lipinski definition) is 9. The Morgan fingerprint density at radius 2 is 1.84 bits per heavy atom. The second kappa shape index (κ2) is 9.75. The Kier molecular flexibility index (Phi) is 6.73. The third-order valence-electron chi connectivity index (χ3n) is 7.92. The normalized spacial score (nSPS) is 32.4. The smallest absolute Gasteiger partial charge is 0.335 e. The molecule has 3 aliphatic heterocycles. The summed E-state index contributed by atoms with van der Waals surface area (Å²) in [5.41, 5.74) is -1.06. The maximum Gasteiger partial charge on any atom is 0.335 e. The summed E-state index contributed by atoms with van der Waals surface area (Å²) in [5, 5.41) is 54.5. The highest BCUT2D eigenvalue weighted by atomic mass is 16.7. The first-order chi connectivity index (χ1) is 18.0. The number of phenolic OH excluding ortho intramolecular Hbond substituents is 1. The van der Waals surface area contributed by atoms with E-state index in [1.807, 2.05) is 0 Å². The molecule has 4 aliphatic rings. The number of aliphatic hydroxyl groups excluding tert-OH is 2. The number of rotatable bonds is 4. The Balaban J connectivity index is 1.58. The summed E-state index contributed by atoms with van der Waals surface area (Å²) in [6.45, 7) is 2.91. The van der Waals surface area contributed by atoms with Crippen molar-refractivity contribution in [3.8, 4) is 23.5 Å². The number of benzene rings is 2. The minimum atomic E-state index is -1.68. The van der Waals surface area contributed by atoms with Crippen LogP contribution in [0.2, 0.25) is 0 Å². The number of aromatic hydroxyl groups is 1. The van der Waals surface area contributed by atoms with E-state index in [0.717, 1.165) is 6.07 Å². The Hall–Kier alpha value is -3.36. The number of carboxylic acid groups (broad SMARTS) is 1. The maximum absolute atomic E-state index is 12.2. The summed E-state index contributed by atoms with van der Waals surface area (Å²) in [6.07, 6.45) is -1.77. The van der Waals surface area contributed by atoms with E-state index in [9.17, 15) is 35.1 Å². The van der Waals surface area contributed by atoms with Gasteiger partial charge in [0.1, 0.15) is 35.9 Å². The molecule has 2 aromatic rings. The van der Waals surface area contributed by atoms with Gasteiger partial charge in [-0.05, 0) is 68.5 Å². The summed E-state index contributed by atoms with van der Waals surface area (Å²) in [6, 6.07) is 4.04. The van der Waals surface area contributed by atoms with E-state index in [-0.39, 0.29) is 27.6 Å². The molecule has 5 unspecified atom stereocenters. The maximum atomic E-state index is 12.2. The molecule has 10 heteroatoms. The van der Waals surface area contributed by atoms with E-state index in [2.05, 4.69) is 12.0 Å². The van der Waals surface area contributed by atoms with Crippen molar-refractivity contribution < 1.29 is 49.3 Å². The number of aliphatic hydroxyl groups is 3. The minimum Gasteiger partial charge on any atom is -0.506 e. The molecule has 0 radical (unpaired) electrons. The number of carbonyl (C=O) groups is 2. The fourth-order valence-corrected chi connectivity index (χ4v) is 5.87. The third-order valence-corrected chi connectivity index (χ3v) is 7.92. The van der Waals surface area contributed by atoms with Crippen LogP contribution >= 0.6 is 0 Å². The molecule has 1 saturated carbocycles. The first kappa shape index (κ1) is 26.3. The molecule has 3 heterocycles. The van der Waals surface area contributed by atoms with Gasteiger partial charge < -0.3 is 39.7 Å². The van der Waals surface area contributed by atoms with E-state index in [4.69, 9.17) is 14.2 Å². The number of carbonyl (C=O) groups excluding carboxylic acids is 1. The standard InChI is InChI=1S/C28H30O10/c1-13-10-16-11-17(26(33)34)12-18(20(16)21(30)19(13)14(2)29)37-27-23(32)22(31)24-25(38-27)28(35)7-5-15(6-8-28)4-3-9-36-24/h10-12,15,22-25,27,30-32,35H,4-8H2,1-2H3,(H,33,34). The van der Waals surface area contributed by atoms with Crippen molar-refractivity contribution in [1.29, 1.82) is 0 Å². The number of ether oxygens (including phenoxy) is 3. The van der Waals surface area contributed by atoms with Gasteiger partial charge >= 0.3 is 5.97 Å². The number of phenols is 1. The zero-order valence-corrected chi connectivity index (χ0v) is 21.0. The molecule has 1 saturated heterocycles. The van der Waals surface area contributed by atoms with Crippen molar-refractivity contribution in [2.45, 2.75) is 82.3 Å². The van der Waals surface area contributed by atoms with Crippen molar-refractivity contribution in [3.63, 3.8) is 0 Å². The summed E-state index contributed by atoms with van der Waals surface area (Å²) in [7, 11) is 0. The van der Waals surface area contributed by atoms with E-state index >= 15 is 0 Å². The molecular formula is C28H30O10. The first-order valence-electron chi connectivity index (χ1n) is 12.6. The predicted octanol–water partition coefficient (Wildman–Crippen LogP) is 2.25. The number of ketones is 1. The van der Waals surface area contributed by atoms with Crippen molar-refractivity contribution >= 4 is 22.5 Å². The number of carboxylic acids is 1. The number of aryl methyl sites for hydroxylation is 1. The number of aromatic carboxylic acids is 1. The van der Waals surface area contributed by atoms with Crippen LogP contribution in [-0.2, 0) is 9.47 Å². The van der Waals surface area contributed by atoms with Gasteiger partial charge in [0.25, 0.3) is 0 Å².